The molecule has 0 fully saturated rings. The molecule has 0 unspecified atom stereocenters. The van der Waals surface area contributed by atoms with Crippen molar-refractivity contribution in [3.63, 3.8) is 0 Å². The van der Waals surface area contributed by atoms with E-state index in [1.54, 1.807) is 0 Å². The SMILES string of the molecule is C=CC(=O)[O-].[CH2-]CC(=O)O.[Zn+2]. The van der Waals surface area contributed by atoms with E-state index in [0.717, 1.165) is 6.08 Å². The van der Waals surface area contributed by atoms with Crippen molar-refractivity contribution < 1.29 is 39.3 Å². The van der Waals surface area contributed by atoms with Crippen molar-refractivity contribution in [2.75, 3.05) is 0 Å². The van der Waals surface area contributed by atoms with Gasteiger partial charge in [-0.2, -0.15) is 0 Å². The van der Waals surface area contributed by atoms with E-state index in [4.69, 9.17) is 15.0 Å². The molecule has 0 aromatic heterocycles. The predicted octanol–water partition coefficient (Wildman–Crippen LogP) is -0.785. The van der Waals surface area contributed by atoms with Crippen LogP contribution in [0.4, 0.5) is 0 Å². The standard InChI is InChI=1S/C3H5O2.C3H4O2.Zn/c2*1-2-3(4)5;/h1-2H2,(H,4,5);2H,1H2,(H,4,5);/q-1;;+2/p-1. The fourth-order valence-electron chi connectivity index (χ4n) is 0. The maximum Gasteiger partial charge on any atom is 2.00 e. The quantitative estimate of drug-likeness (QED) is 0.368. The Morgan fingerprint density at radius 3 is 1.82 bits per heavy atom. The smallest absolute Gasteiger partial charge is 0.545 e. The molecule has 0 spiro atoms. The molecule has 1 N–H and O–H groups in total. The van der Waals surface area contributed by atoms with Gasteiger partial charge in [-0.1, -0.05) is 13.0 Å². The molecular formula is C6H8O4Zn. The summed E-state index contributed by atoms with van der Waals surface area (Å²) >= 11 is 0. The van der Waals surface area contributed by atoms with E-state index in [2.05, 4.69) is 13.5 Å². The normalized spacial score (nSPS) is 6.27. The van der Waals surface area contributed by atoms with E-state index in [0.29, 0.717) is 0 Å². The first-order valence-corrected chi connectivity index (χ1v) is 2.39. The number of hydrogen-bond acceptors (Lipinski definition) is 3. The largest absolute Gasteiger partial charge is 2.00 e. The summed E-state index contributed by atoms with van der Waals surface area (Å²) in [6, 6.07) is 0. The number of carbonyl (C=O) groups is 2. The van der Waals surface area contributed by atoms with Crippen molar-refractivity contribution in [3.05, 3.63) is 19.6 Å². The monoisotopic (exact) mass is 208 g/mol. The zero-order chi connectivity index (χ0) is 8.57. The summed E-state index contributed by atoms with van der Waals surface area (Å²) in [6.45, 7) is 5.98. The number of carbonyl (C=O) groups excluding carboxylic acids is 1. The molecule has 11 heavy (non-hydrogen) atoms. The van der Waals surface area contributed by atoms with E-state index < -0.39 is 11.9 Å². The van der Waals surface area contributed by atoms with Gasteiger partial charge in [0.25, 0.3) is 5.97 Å². The molecule has 0 aliphatic heterocycles. The van der Waals surface area contributed by atoms with Crippen molar-refractivity contribution in [3.8, 4) is 0 Å². The molecule has 0 aromatic rings. The Hall–Kier alpha value is -0.697. The van der Waals surface area contributed by atoms with E-state index >= 15 is 0 Å². The summed E-state index contributed by atoms with van der Waals surface area (Å²) < 4.78 is 0. The van der Waals surface area contributed by atoms with E-state index in [1.165, 1.54) is 0 Å². The maximum atomic E-state index is 9.31. The predicted molar refractivity (Wildman–Crippen MR) is 32.8 cm³/mol. The van der Waals surface area contributed by atoms with Gasteiger partial charge >= 0.3 is 19.5 Å². The van der Waals surface area contributed by atoms with Crippen LogP contribution in [0.1, 0.15) is 6.42 Å². The van der Waals surface area contributed by atoms with Gasteiger partial charge in [0, 0.05) is 0 Å². The minimum Gasteiger partial charge on any atom is -0.545 e. The number of carboxylic acid groups (broad SMARTS) is 2. The summed E-state index contributed by atoms with van der Waals surface area (Å²) in [5.74, 6) is -2.09. The molecule has 0 saturated heterocycles. The average Bonchev–Trinajstić information content (AvgIpc) is 1.89. The second-order valence-electron chi connectivity index (χ2n) is 1.17. The fourth-order valence-corrected chi connectivity index (χ4v) is 0. The van der Waals surface area contributed by atoms with Crippen molar-refractivity contribution >= 4 is 11.9 Å². The van der Waals surface area contributed by atoms with Crippen LogP contribution in [0.25, 0.3) is 0 Å². The molecule has 0 rings (SSSR count). The summed E-state index contributed by atoms with van der Waals surface area (Å²) in [7, 11) is 0. The van der Waals surface area contributed by atoms with Crippen LogP contribution in [0.5, 0.6) is 0 Å². The van der Waals surface area contributed by atoms with Gasteiger partial charge in [0.05, 0.1) is 5.97 Å². The molecule has 0 bridgehead atoms. The van der Waals surface area contributed by atoms with E-state index in [1.807, 2.05) is 0 Å². The molecule has 0 atom stereocenters. The molecular weight excluding hydrogens is 201 g/mol. The first kappa shape index (κ1) is 16.7. The second kappa shape index (κ2) is 12.0. The minimum atomic E-state index is -1.23. The Bertz CT molecular complexity index is 133. The Balaban J connectivity index is -0.000000107. The number of aliphatic carboxylic acids is 2. The maximum absolute atomic E-state index is 9.31. The molecule has 58 valence electrons. The third kappa shape index (κ3) is 45.5. The number of hydrogen-bond donors (Lipinski definition) is 1. The van der Waals surface area contributed by atoms with Crippen LogP contribution in [-0.2, 0) is 29.1 Å². The van der Waals surface area contributed by atoms with Gasteiger partial charge in [0.15, 0.2) is 0 Å². The summed E-state index contributed by atoms with van der Waals surface area (Å²) in [5.41, 5.74) is 0. The molecule has 5 heteroatoms. The molecule has 4 nitrogen and oxygen atoms in total. The molecule has 0 aliphatic carbocycles. The molecule has 0 aliphatic rings. The van der Waals surface area contributed by atoms with Crippen molar-refractivity contribution in [2.45, 2.75) is 6.42 Å². The van der Waals surface area contributed by atoms with E-state index in [9.17, 15) is 4.79 Å². The molecule has 0 saturated carbocycles. The van der Waals surface area contributed by atoms with Crippen LogP contribution in [0.3, 0.4) is 0 Å². The minimum absolute atomic E-state index is 0. The molecule has 0 aromatic carbocycles. The zero-order valence-electron chi connectivity index (χ0n) is 6.08. The first-order valence-electron chi connectivity index (χ1n) is 2.39. The van der Waals surface area contributed by atoms with Crippen LogP contribution in [-0.4, -0.2) is 17.0 Å². The van der Waals surface area contributed by atoms with Gasteiger partial charge in [-0.15, -0.1) is 0 Å². The van der Waals surface area contributed by atoms with Crippen molar-refractivity contribution in [2.24, 2.45) is 0 Å². The van der Waals surface area contributed by atoms with Gasteiger partial charge < -0.3 is 21.9 Å². The average molecular weight is 210 g/mol. The van der Waals surface area contributed by atoms with Gasteiger partial charge in [0.2, 0.25) is 0 Å². The Labute approximate surface area is 77.7 Å². The van der Waals surface area contributed by atoms with Crippen LogP contribution in [0.2, 0.25) is 0 Å². The summed E-state index contributed by atoms with van der Waals surface area (Å²) in [4.78, 5) is 18.4. The van der Waals surface area contributed by atoms with E-state index in [-0.39, 0.29) is 25.9 Å². The zero-order valence-corrected chi connectivity index (χ0v) is 9.04. The first-order chi connectivity index (χ1) is 4.54. The molecule has 0 amide bonds. The van der Waals surface area contributed by atoms with Crippen LogP contribution in [0, 0.1) is 6.92 Å². The van der Waals surface area contributed by atoms with Crippen molar-refractivity contribution in [1.82, 2.24) is 0 Å². The third-order valence-electron chi connectivity index (χ3n) is 0.381. The van der Waals surface area contributed by atoms with Crippen molar-refractivity contribution in [1.29, 1.82) is 0 Å². The van der Waals surface area contributed by atoms with Gasteiger partial charge in [-0.05, 0) is 6.08 Å². The van der Waals surface area contributed by atoms with Crippen LogP contribution < -0.4 is 5.11 Å². The second-order valence-corrected chi connectivity index (χ2v) is 1.17. The van der Waals surface area contributed by atoms with Gasteiger partial charge in [-0.3, -0.25) is 4.79 Å². The fraction of sp³-hybridized carbons (Fsp3) is 0.167. The topological polar surface area (TPSA) is 77.4 Å². The van der Waals surface area contributed by atoms with Crippen LogP contribution in [0.15, 0.2) is 12.7 Å². The van der Waals surface area contributed by atoms with Gasteiger partial charge in [-0.25, -0.2) is 0 Å². The summed E-state index contributed by atoms with van der Waals surface area (Å²) in [6.07, 6.45) is 0.694. The van der Waals surface area contributed by atoms with Gasteiger partial charge in [0.1, 0.15) is 0 Å². The Morgan fingerprint density at radius 2 is 1.82 bits per heavy atom. The number of carboxylic acids is 2. The Kier molecular flexibility index (Phi) is 18.3. The number of rotatable bonds is 2. The Morgan fingerprint density at radius 1 is 1.64 bits per heavy atom. The third-order valence-corrected chi connectivity index (χ3v) is 0.381. The summed E-state index contributed by atoms with van der Waals surface area (Å²) in [5, 5.41) is 16.8. The van der Waals surface area contributed by atoms with Crippen LogP contribution >= 0.6 is 0 Å². The molecule has 0 radical (unpaired) electrons. The molecule has 0 heterocycles.